The minimum atomic E-state index is -0.921. The minimum absolute atomic E-state index is 0.300. The molecule has 1 aromatic carbocycles. The lowest BCUT2D eigenvalue weighted by Crippen LogP contribution is -2.33. The number of halogens is 2. The van der Waals surface area contributed by atoms with Crippen molar-refractivity contribution in [2.45, 2.75) is 0 Å². The van der Waals surface area contributed by atoms with Crippen molar-refractivity contribution in [1.82, 2.24) is 19.8 Å². The number of nitrogens with one attached hydrogen (secondary N) is 2. The van der Waals surface area contributed by atoms with Crippen LogP contribution in [-0.4, -0.2) is 58.8 Å². The first-order valence-corrected chi connectivity index (χ1v) is 7.38. The number of hydrogen-bond acceptors (Lipinski definition) is 3. The Bertz CT molecular complexity index is 703. The lowest BCUT2D eigenvalue weighted by atomic mass is 10.0. The Morgan fingerprint density at radius 2 is 1.82 bits per heavy atom. The van der Waals surface area contributed by atoms with Gasteiger partial charge in [0.1, 0.15) is 0 Å². The van der Waals surface area contributed by atoms with E-state index in [4.69, 9.17) is 5.41 Å². The Balaban J connectivity index is 1.58. The Kier molecular flexibility index (Phi) is 2.94. The highest BCUT2D eigenvalue weighted by atomic mass is 19.2. The van der Waals surface area contributed by atoms with Crippen molar-refractivity contribution in [3.63, 3.8) is 0 Å². The summed E-state index contributed by atoms with van der Waals surface area (Å²) in [6.45, 7) is 3.80. The van der Waals surface area contributed by atoms with E-state index in [0.717, 1.165) is 38.3 Å². The lowest BCUT2D eigenvalue weighted by Gasteiger charge is -2.20. The fourth-order valence-corrected chi connectivity index (χ4v) is 3.68. The molecule has 2 saturated heterocycles. The third-order valence-electron chi connectivity index (χ3n) is 4.73. The van der Waals surface area contributed by atoms with Crippen molar-refractivity contribution in [2.24, 2.45) is 11.8 Å². The zero-order valence-corrected chi connectivity index (χ0v) is 12.2. The van der Waals surface area contributed by atoms with Crippen LogP contribution in [0, 0.1) is 28.9 Å². The largest absolute Gasteiger partial charge is 0.353 e. The number of aromatic nitrogens is 2. The maximum Gasteiger partial charge on any atom is 0.173 e. The Hall–Kier alpha value is -2.02. The zero-order valence-electron chi connectivity index (χ0n) is 12.2. The highest BCUT2D eigenvalue weighted by Gasteiger charge is 2.40. The summed E-state index contributed by atoms with van der Waals surface area (Å²) in [6, 6.07) is 2.15. The first-order valence-electron chi connectivity index (χ1n) is 7.38. The van der Waals surface area contributed by atoms with Gasteiger partial charge in [0.15, 0.2) is 23.3 Å². The van der Waals surface area contributed by atoms with Crippen LogP contribution in [0.5, 0.6) is 0 Å². The van der Waals surface area contributed by atoms with Gasteiger partial charge >= 0.3 is 0 Å². The van der Waals surface area contributed by atoms with Gasteiger partial charge in [0, 0.05) is 38.3 Å². The smallest absolute Gasteiger partial charge is 0.173 e. The molecule has 0 amide bonds. The summed E-state index contributed by atoms with van der Waals surface area (Å²) < 4.78 is 26.5. The summed E-state index contributed by atoms with van der Waals surface area (Å²) in [4.78, 5) is 11.5. The van der Waals surface area contributed by atoms with Crippen molar-refractivity contribution < 1.29 is 8.78 Å². The minimum Gasteiger partial charge on any atom is -0.353 e. The number of amidine groups is 1. The molecule has 2 atom stereocenters. The Labute approximate surface area is 126 Å². The topological polar surface area (TPSA) is 59.0 Å². The first kappa shape index (κ1) is 13.6. The Morgan fingerprint density at radius 1 is 1.18 bits per heavy atom. The molecule has 0 bridgehead atoms. The average Bonchev–Trinajstić information content (AvgIpc) is 3.10. The Morgan fingerprint density at radius 3 is 2.50 bits per heavy atom. The van der Waals surface area contributed by atoms with Crippen LogP contribution in [0.1, 0.15) is 5.82 Å². The van der Waals surface area contributed by atoms with Crippen LogP contribution in [-0.2, 0) is 0 Å². The van der Waals surface area contributed by atoms with Crippen molar-refractivity contribution in [1.29, 1.82) is 5.41 Å². The van der Waals surface area contributed by atoms with Crippen molar-refractivity contribution >= 4 is 16.9 Å². The molecule has 116 valence electrons. The number of imidazole rings is 1. The second kappa shape index (κ2) is 4.74. The molecule has 2 aliphatic rings. The second-order valence-corrected chi connectivity index (χ2v) is 6.36. The fourth-order valence-electron chi connectivity index (χ4n) is 3.68. The van der Waals surface area contributed by atoms with Crippen LogP contribution in [0.25, 0.3) is 11.0 Å². The van der Waals surface area contributed by atoms with E-state index in [0.29, 0.717) is 34.5 Å². The molecule has 3 heterocycles. The van der Waals surface area contributed by atoms with Crippen LogP contribution in [0.2, 0.25) is 0 Å². The predicted molar refractivity (Wildman–Crippen MR) is 78.9 cm³/mol. The third kappa shape index (κ3) is 2.08. The quantitative estimate of drug-likeness (QED) is 0.622. The van der Waals surface area contributed by atoms with Crippen molar-refractivity contribution in [2.75, 3.05) is 33.2 Å². The number of nitrogens with zero attached hydrogens (tertiary/aromatic N) is 3. The maximum atomic E-state index is 13.3. The summed E-state index contributed by atoms with van der Waals surface area (Å²) >= 11 is 0. The van der Waals surface area contributed by atoms with E-state index < -0.39 is 11.6 Å². The molecular formula is C15H17F2N5. The summed E-state index contributed by atoms with van der Waals surface area (Å²) in [6.07, 6.45) is 0. The third-order valence-corrected chi connectivity index (χ3v) is 4.73. The molecule has 7 heteroatoms. The van der Waals surface area contributed by atoms with E-state index in [-0.39, 0.29) is 0 Å². The molecule has 5 nitrogen and oxygen atoms in total. The molecule has 0 spiro atoms. The van der Waals surface area contributed by atoms with E-state index in [9.17, 15) is 8.78 Å². The molecule has 2 fully saturated rings. The number of rotatable bonds is 1. The molecule has 2 aromatic rings. The number of H-pyrrole nitrogens is 1. The van der Waals surface area contributed by atoms with Gasteiger partial charge in [-0.25, -0.2) is 13.8 Å². The van der Waals surface area contributed by atoms with Gasteiger partial charge in [-0.2, -0.15) is 0 Å². The molecule has 0 radical (unpaired) electrons. The van der Waals surface area contributed by atoms with Gasteiger partial charge in [-0.15, -0.1) is 0 Å². The molecule has 0 saturated carbocycles. The van der Waals surface area contributed by atoms with Gasteiger partial charge in [0.05, 0.1) is 11.0 Å². The molecule has 4 rings (SSSR count). The molecule has 2 unspecified atom stereocenters. The van der Waals surface area contributed by atoms with Gasteiger partial charge in [-0.1, -0.05) is 0 Å². The van der Waals surface area contributed by atoms with Crippen LogP contribution < -0.4 is 0 Å². The normalized spacial score (nSPS) is 25.1. The summed E-state index contributed by atoms with van der Waals surface area (Å²) in [5.74, 6) is 0.0143. The van der Waals surface area contributed by atoms with Crippen LogP contribution in [0.15, 0.2) is 12.1 Å². The number of likely N-dealkylation sites (tertiary alicyclic amines) is 2. The monoisotopic (exact) mass is 305 g/mol. The van der Waals surface area contributed by atoms with Crippen LogP contribution >= 0.6 is 0 Å². The van der Waals surface area contributed by atoms with Gasteiger partial charge in [0.2, 0.25) is 0 Å². The summed E-state index contributed by atoms with van der Waals surface area (Å²) in [5, 5.41) is 8.33. The number of benzene rings is 1. The number of fused-ring (bicyclic) bond motifs is 2. The van der Waals surface area contributed by atoms with Crippen LogP contribution in [0.3, 0.4) is 0 Å². The van der Waals surface area contributed by atoms with E-state index >= 15 is 0 Å². The maximum absolute atomic E-state index is 13.3. The van der Waals surface area contributed by atoms with Crippen molar-refractivity contribution in [3.05, 3.63) is 29.6 Å². The number of hydrogen-bond donors (Lipinski definition) is 2. The standard InChI is InChI=1S/C15H17F2N5/c1-21-4-8-6-22(7-9(8)5-21)14(18)15-19-12-2-10(16)11(17)3-13(12)20-15/h2-3,8-9,18H,4-7H2,1H3,(H,19,20). The van der Waals surface area contributed by atoms with Gasteiger partial charge in [0.25, 0.3) is 0 Å². The van der Waals surface area contributed by atoms with E-state index in [1.54, 1.807) is 0 Å². The second-order valence-electron chi connectivity index (χ2n) is 6.36. The van der Waals surface area contributed by atoms with Crippen molar-refractivity contribution in [3.8, 4) is 0 Å². The van der Waals surface area contributed by atoms with Gasteiger partial charge in [-0.3, -0.25) is 5.41 Å². The molecule has 2 N–H and O–H groups in total. The molecule has 1 aromatic heterocycles. The molecule has 22 heavy (non-hydrogen) atoms. The summed E-state index contributed by atoms with van der Waals surface area (Å²) in [7, 11) is 2.12. The molecule has 2 aliphatic heterocycles. The van der Waals surface area contributed by atoms with Crippen LogP contribution in [0.4, 0.5) is 8.78 Å². The van der Waals surface area contributed by atoms with Gasteiger partial charge < -0.3 is 14.8 Å². The highest BCUT2D eigenvalue weighted by molar-refractivity contribution is 5.96. The molecule has 0 aliphatic carbocycles. The SMILES string of the molecule is CN1CC2CN(C(=N)c3nc4cc(F)c(F)cc4[nH]3)CC2C1. The zero-order chi connectivity index (χ0) is 15.4. The van der Waals surface area contributed by atoms with Gasteiger partial charge in [-0.05, 0) is 18.9 Å². The summed E-state index contributed by atoms with van der Waals surface area (Å²) in [5.41, 5.74) is 0.760. The molecular weight excluding hydrogens is 288 g/mol. The van der Waals surface area contributed by atoms with E-state index in [2.05, 4.69) is 21.9 Å². The number of aromatic amines is 1. The van der Waals surface area contributed by atoms with E-state index in [1.807, 2.05) is 4.90 Å². The average molecular weight is 305 g/mol. The lowest BCUT2D eigenvalue weighted by molar-refractivity contribution is 0.347. The predicted octanol–water partition coefficient (Wildman–Crippen LogP) is 1.66. The first-order chi connectivity index (χ1) is 10.5. The van der Waals surface area contributed by atoms with E-state index in [1.165, 1.54) is 0 Å². The highest BCUT2D eigenvalue weighted by Crippen LogP contribution is 2.31. The fraction of sp³-hybridized carbons (Fsp3) is 0.467.